The minimum absolute atomic E-state index is 0.418. The van der Waals surface area contributed by atoms with Crippen molar-refractivity contribution in [3.8, 4) is 5.75 Å². The highest BCUT2D eigenvalue weighted by molar-refractivity contribution is 5.91. The first-order valence-corrected chi connectivity index (χ1v) is 5.08. The van der Waals surface area contributed by atoms with Gasteiger partial charge in [0.15, 0.2) is 0 Å². The largest absolute Gasteiger partial charge is 0.423 e. The minimum atomic E-state index is -0.443. The summed E-state index contributed by atoms with van der Waals surface area (Å²) in [6, 6.07) is 13.2. The zero-order valence-corrected chi connectivity index (χ0v) is 9.09. The Hall–Kier alpha value is -2.49. The first kappa shape index (κ1) is 11.0. The van der Waals surface area contributed by atoms with Gasteiger partial charge in [0, 0.05) is 11.4 Å². The Morgan fingerprint density at radius 2 is 1.65 bits per heavy atom. The Labute approximate surface area is 98.8 Å². The molecule has 0 amide bonds. The zero-order chi connectivity index (χ0) is 12.3. The highest BCUT2D eigenvalue weighted by atomic mass is 16.5. The molecule has 2 rings (SSSR count). The molecule has 0 saturated heterocycles. The van der Waals surface area contributed by atoms with Crippen molar-refractivity contribution < 1.29 is 9.53 Å². The molecule has 2 aromatic carbocycles. The third-order valence-corrected chi connectivity index (χ3v) is 2.21. The average Bonchev–Trinajstić information content (AvgIpc) is 2.32. The quantitative estimate of drug-likeness (QED) is 0.468. The summed E-state index contributed by atoms with van der Waals surface area (Å²) in [4.78, 5) is 11.7. The van der Waals surface area contributed by atoms with Gasteiger partial charge in [-0.1, -0.05) is 6.07 Å². The van der Waals surface area contributed by atoms with Crippen molar-refractivity contribution in [1.82, 2.24) is 0 Å². The van der Waals surface area contributed by atoms with E-state index in [2.05, 4.69) is 0 Å². The van der Waals surface area contributed by atoms with Gasteiger partial charge < -0.3 is 16.2 Å². The molecule has 0 heterocycles. The van der Waals surface area contributed by atoms with Crippen LogP contribution >= 0.6 is 0 Å². The fourth-order valence-electron chi connectivity index (χ4n) is 1.37. The predicted molar refractivity (Wildman–Crippen MR) is 66.7 cm³/mol. The van der Waals surface area contributed by atoms with Crippen LogP contribution in [0.25, 0.3) is 0 Å². The summed E-state index contributed by atoms with van der Waals surface area (Å²) in [7, 11) is 0. The van der Waals surface area contributed by atoms with Gasteiger partial charge >= 0.3 is 5.97 Å². The molecule has 0 aliphatic carbocycles. The summed E-state index contributed by atoms with van der Waals surface area (Å²) in [5, 5.41) is 0. The molecule has 2 aromatic rings. The molecular formula is C13H12N2O2. The molecule has 4 N–H and O–H groups in total. The topological polar surface area (TPSA) is 78.3 Å². The normalized spacial score (nSPS) is 9.88. The van der Waals surface area contributed by atoms with Crippen LogP contribution in [0.2, 0.25) is 0 Å². The Balaban J connectivity index is 2.14. The SMILES string of the molecule is Nc1ccc(OC(=O)c2cccc(N)c2)cc1. The summed E-state index contributed by atoms with van der Waals surface area (Å²) in [5.41, 5.74) is 12.7. The molecule has 86 valence electrons. The summed E-state index contributed by atoms with van der Waals surface area (Å²) in [6.07, 6.45) is 0. The molecule has 0 unspecified atom stereocenters. The molecule has 0 bridgehead atoms. The van der Waals surface area contributed by atoms with Gasteiger partial charge in [0.25, 0.3) is 0 Å². The number of esters is 1. The first-order valence-electron chi connectivity index (χ1n) is 5.08. The number of carbonyl (C=O) groups excluding carboxylic acids is 1. The molecule has 4 nitrogen and oxygen atoms in total. The maximum absolute atomic E-state index is 11.7. The number of carbonyl (C=O) groups is 1. The third-order valence-electron chi connectivity index (χ3n) is 2.21. The highest BCUT2D eigenvalue weighted by Gasteiger charge is 2.08. The zero-order valence-electron chi connectivity index (χ0n) is 9.09. The predicted octanol–water partition coefficient (Wildman–Crippen LogP) is 2.07. The smallest absolute Gasteiger partial charge is 0.343 e. The van der Waals surface area contributed by atoms with Crippen LogP contribution in [-0.4, -0.2) is 5.97 Å². The van der Waals surface area contributed by atoms with Gasteiger partial charge in [0.2, 0.25) is 0 Å². The number of hydrogen-bond donors (Lipinski definition) is 2. The van der Waals surface area contributed by atoms with Crippen LogP contribution < -0.4 is 16.2 Å². The number of benzene rings is 2. The van der Waals surface area contributed by atoms with Crippen LogP contribution in [0, 0.1) is 0 Å². The van der Waals surface area contributed by atoms with E-state index in [1.54, 1.807) is 48.5 Å². The maximum atomic E-state index is 11.7. The second-order valence-corrected chi connectivity index (χ2v) is 3.58. The molecular weight excluding hydrogens is 216 g/mol. The molecule has 0 fully saturated rings. The van der Waals surface area contributed by atoms with Gasteiger partial charge in [-0.15, -0.1) is 0 Å². The van der Waals surface area contributed by atoms with Gasteiger partial charge in [-0.2, -0.15) is 0 Å². The van der Waals surface area contributed by atoms with E-state index in [4.69, 9.17) is 16.2 Å². The van der Waals surface area contributed by atoms with Gasteiger partial charge in [-0.05, 0) is 42.5 Å². The van der Waals surface area contributed by atoms with Crippen LogP contribution in [0.4, 0.5) is 11.4 Å². The molecule has 0 spiro atoms. The van der Waals surface area contributed by atoms with E-state index < -0.39 is 5.97 Å². The minimum Gasteiger partial charge on any atom is -0.423 e. The van der Waals surface area contributed by atoms with Crippen molar-refractivity contribution >= 4 is 17.3 Å². The summed E-state index contributed by atoms with van der Waals surface area (Å²) < 4.78 is 5.16. The second-order valence-electron chi connectivity index (χ2n) is 3.58. The maximum Gasteiger partial charge on any atom is 0.343 e. The summed E-state index contributed by atoms with van der Waals surface area (Å²) in [6.45, 7) is 0. The van der Waals surface area contributed by atoms with Crippen molar-refractivity contribution in [1.29, 1.82) is 0 Å². The number of ether oxygens (including phenoxy) is 1. The van der Waals surface area contributed by atoms with E-state index in [-0.39, 0.29) is 0 Å². The van der Waals surface area contributed by atoms with Crippen molar-refractivity contribution in [2.45, 2.75) is 0 Å². The van der Waals surface area contributed by atoms with Crippen molar-refractivity contribution in [2.24, 2.45) is 0 Å². The Bertz CT molecular complexity index is 535. The highest BCUT2D eigenvalue weighted by Crippen LogP contribution is 2.15. The second kappa shape index (κ2) is 4.57. The molecule has 0 aromatic heterocycles. The van der Waals surface area contributed by atoms with E-state index in [1.807, 2.05) is 0 Å². The lowest BCUT2D eigenvalue weighted by atomic mass is 10.2. The van der Waals surface area contributed by atoms with Gasteiger partial charge in [-0.3, -0.25) is 0 Å². The van der Waals surface area contributed by atoms with Crippen LogP contribution in [-0.2, 0) is 0 Å². The number of rotatable bonds is 2. The van der Waals surface area contributed by atoms with E-state index in [0.29, 0.717) is 22.7 Å². The van der Waals surface area contributed by atoms with E-state index in [0.717, 1.165) is 0 Å². The number of hydrogen-bond acceptors (Lipinski definition) is 4. The van der Waals surface area contributed by atoms with Gasteiger partial charge in [0.05, 0.1) is 5.56 Å². The monoisotopic (exact) mass is 228 g/mol. The van der Waals surface area contributed by atoms with E-state index >= 15 is 0 Å². The molecule has 0 atom stereocenters. The van der Waals surface area contributed by atoms with Crippen molar-refractivity contribution in [3.05, 3.63) is 54.1 Å². The lowest BCUT2D eigenvalue weighted by Crippen LogP contribution is -2.08. The number of nitrogen functional groups attached to an aromatic ring is 2. The standard InChI is InChI=1S/C13H12N2O2/c14-10-4-6-12(7-5-10)17-13(16)9-2-1-3-11(15)8-9/h1-8H,14-15H2. The molecule has 0 aliphatic rings. The van der Waals surface area contributed by atoms with E-state index in [9.17, 15) is 4.79 Å². The van der Waals surface area contributed by atoms with Gasteiger partial charge in [0.1, 0.15) is 5.75 Å². The molecule has 0 saturated carbocycles. The summed E-state index contributed by atoms with van der Waals surface area (Å²) in [5.74, 6) is 0.00805. The first-order chi connectivity index (χ1) is 8.15. The Kier molecular flexibility index (Phi) is 2.96. The number of nitrogens with two attached hydrogens (primary N) is 2. The Morgan fingerprint density at radius 3 is 2.29 bits per heavy atom. The number of anilines is 2. The lowest BCUT2D eigenvalue weighted by molar-refractivity contribution is 0.0735. The third kappa shape index (κ3) is 2.75. The lowest BCUT2D eigenvalue weighted by Gasteiger charge is -2.04. The van der Waals surface area contributed by atoms with Crippen molar-refractivity contribution in [3.63, 3.8) is 0 Å². The molecule has 4 heteroatoms. The van der Waals surface area contributed by atoms with Crippen LogP contribution in [0.3, 0.4) is 0 Å². The molecule has 0 radical (unpaired) electrons. The fourth-order valence-corrected chi connectivity index (χ4v) is 1.37. The molecule has 0 aliphatic heterocycles. The van der Waals surface area contributed by atoms with Crippen LogP contribution in [0.5, 0.6) is 5.75 Å². The summed E-state index contributed by atoms with van der Waals surface area (Å²) >= 11 is 0. The Morgan fingerprint density at radius 1 is 0.941 bits per heavy atom. The molecule has 17 heavy (non-hydrogen) atoms. The van der Waals surface area contributed by atoms with Crippen LogP contribution in [0.1, 0.15) is 10.4 Å². The van der Waals surface area contributed by atoms with Crippen LogP contribution in [0.15, 0.2) is 48.5 Å². The van der Waals surface area contributed by atoms with E-state index in [1.165, 1.54) is 0 Å². The fraction of sp³-hybridized carbons (Fsp3) is 0. The average molecular weight is 228 g/mol. The van der Waals surface area contributed by atoms with Crippen molar-refractivity contribution in [2.75, 3.05) is 11.5 Å². The van der Waals surface area contributed by atoms with Gasteiger partial charge in [-0.25, -0.2) is 4.79 Å².